The standard InChI is InChI=1S/C16H20N4O/c1-21-14-10-15(16-17-12-18-19-16)20(11-14)9-5-8-13-6-3-2-4-7-13/h2-8,12,14-15H,9-11H2,1H3,(H,17,18,19)/b8-5+/t14-,15+/m1/s1. The summed E-state index contributed by atoms with van der Waals surface area (Å²) in [5, 5.41) is 6.94. The van der Waals surface area contributed by atoms with E-state index < -0.39 is 0 Å². The lowest BCUT2D eigenvalue weighted by molar-refractivity contribution is 0.109. The van der Waals surface area contributed by atoms with Gasteiger partial charge in [-0.2, -0.15) is 5.10 Å². The molecule has 21 heavy (non-hydrogen) atoms. The number of ether oxygens (including phenoxy) is 1. The quantitative estimate of drug-likeness (QED) is 0.915. The Labute approximate surface area is 124 Å². The highest BCUT2D eigenvalue weighted by Crippen LogP contribution is 2.30. The van der Waals surface area contributed by atoms with Crippen LogP contribution in [-0.2, 0) is 4.74 Å². The second kappa shape index (κ2) is 6.65. The molecule has 5 heteroatoms. The maximum atomic E-state index is 5.51. The first-order chi connectivity index (χ1) is 10.4. The van der Waals surface area contributed by atoms with Gasteiger partial charge in [-0.3, -0.25) is 10.00 Å². The number of nitrogens with one attached hydrogen (secondary N) is 1. The first-order valence-electron chi connectivity index (χ1n) is 7.20. The van der Waals surface area contributed by atoms with Crippen LogP contribution in [0.15, 0.2) is 42.7 Å². The summed E-state index contributed by atoms with van der Waals surface area (Å²) in [6, 6.07) is 10.6. The van der Waals surface area contributed by atoms with E-state index in [1.165, 1.54) is 5.56 Å². The molecule has 0 unspecified atom stereocenters. The molecule has 1 saturated heterocycles. The van der Waals surface area contributed by atoms with Crippen molar-refractivity contribution in [3.05, 3.63) is 54.1 Å². The Morgan fingerprint density at radius 1 is 1.38 bits per heavy atom. The predicted octanol–water partition coefficient (Wildman–Crippen LogP) is 2.28. The first kappa shape index (κ1) is 14.0. The summed E-state index contributed by atoms with van der Waals surface area (Å²) in [6.07, 6.45) is 7.11. The second-order valence-electron chi connectivity index (χ2n) is 5.25. The molecule has 1 aliphatic rings. The number of hydrogen-bond donors (Lipinski definition) is 1. The van der Waals surface area contributed by atoms with E-state index in [1.807, 2.05) is 18.2 Å². The van der Waals surface area contributed by atoms with Gasteiger partial charge in [-0.15, -0.1) is 0 Å². The van der Waals surface area contributed by atoms with Crippen molar-refractivity contribution in [1.82, 2.24) is 20.1 Å². The molecule has 2 atom stereocenters. The fourth-order valence-corrected chi connectivity index (χ4v) is 2.78. The van der Waals surface area contributed by atoms with E-state index in [0.29, 0.717) is 0 Å². The molecule has 1 aromatic heterocycles. The molecule has 2 heterocycles. The Morgan fingerprint density at radius 3 is 2.95 bits per heavy atom. The highest BCUT2D eigenvalue weighted by atomic mass is 16.5. The van der Waals surface area contributed by atoms with Crippen molar-refractivity contribution in [3.8, 4) is 0 Å². The van der Waals surface area contributed by atoms with Gasteiger partial charge in [-0.1, -0.05) is 42.5 Å². The van der Waals surface area contributed by atoms with Crippen LogP contribution in [0.3, 0.4) is 0 Å². The van der Waals surface area contributed by atoms with Crippen LogP contribution < -0.4 is 0 Å². The third-order valence-electron chi connectivity index (χ3n) is 3.90. The Morgan fingerprint density at radius 2 is 2.24 bits per heavy atom. The number of benzene rings is 1. The van der Waals surface area contributed by atoms with Crippen LogP contribution in [0.4, 0.5) is 0 Å². The molecular weight excluding hydrogens is 264 g/mol. The van der Waals surface area contributed by atoms with Gasteiger partial charge in [0.25, 0.3) is 0 Å². The minimum atomic E-state index is 0.248. The van der Waals surface area contributed by atoms with E-state index in [4.69, 9.17) is 4.74 Å². The molecule has 3 rings (SSSR count). The maximum Gasteiger partial charge on any atom is 0.141 e. The molecular formula is C16H20N4O. The van der Waals surface area contributed by atoms with Gasteiger partial charge in [0, 0.05) is 20.2 Å². The smallest absolute Gasteiger partial charge is 0.141 e. The van der Waals surface area contributed by atoms with E-state index in [1.54, 1.807) is 13.4 Å². The van der Waals surface area contributed by atoms with Crippen molar-refractivity contribution in [2.75, 3.05) is 20.2 Å². The van der Waals surface area contributed by atoms with Gasteiger partial charge in [0.2, 0.25) is 0 Å². The number of aromatic amines is 1. The van der Waals surface area contributed by atoms with Gasteiger partial charge < -0.3 is 4.74 Å². The molecule has 1 aromatic carbocycles. The first-order valence-corrected chi connectivity index (χ1v) is 7.20. The van der Waals surface area contributed by atoms with Crippen LogP contribution in [-0.4, -0.2) is 46.4 Å². The SMILES string of the molecule is CO[C@@H]1C[C@@H](c2ncn[nH]2)N(C/C=C/c2ccccc2)C1. The van der Waals surface area contributed by atoms with Crippen LogP contribution in [0.1, 0.15) is 23.9 Å². The lowest BCUT2D eigenvalue weighted by Crippen LogP contribution is -2.25. The third-order valence-corrected chi connectivity index (χ3v) is 3.90. The molecule has 0 amide bonds. The second-order valence-corrected chi connectivity index (χ2v) is 5.25. The van der Waals surface area contributed by atoms with E-state index in [-0.39, 0.29) is 12.1 Å². The molecule has 0 spiro atoms. The van der Waals surface area contributed by atoms with Crippen molar-refractivity contribution >= 4 is 6.08 Å². The van der Waals surface area contributed by atoms with Crippen LogP contribution >= 0.6 is 0 Å². The molecule has 0 saturated carbocycles. The Hall–Kier alpha value is -1.98. The zero-order valence-corrected chi connectivity index (χ0v) is 12.1. The zero-order valence-electron chi connectivity index (χ0n) is 12.1. The third kappa shape index (κ3) is 3.37. The molecule has 0 radical (unpaired) electrons. The lowest BCUT2D eigenvalue weighted by atomic mass is 10.2. The van der Waals surface area contributed by atoms with Crippen molar-refractivity contribution < 1.29 is 4.74 Å². The fourth-order valence-electron chi connectivity index (χ4n) is 2.78. The summed E-state index contributed by atoms with van der Waals surface area (Å²) in [5.74, 6) is 0.919. The molecule has 1 N–H and O–H groups in total. The number of likely N-dealkylation sites (tertiary alicyclic amines) is 1. The highest BCUT2D eigenvalue weighted by Gasteiger charge is 2.34. The number of rotatable bonds is 5. The van der Waals surface area contributed by atoms with Gasteiger partial charge >= 0.3 is 0 Å². The minimum absolute atomic E-state index is 0.248. The van der Waals surface area contributed by atoms with E-state index in [0.717, 1.165) is 25.3 Å². The van der Waals surface area contributed by atoms with Crippen molar-refractivity contribution in [2.24, 2.45) is 0 Å². The molecule has 2 aromatic rings. The number of H-pyrrole nitrogens is 1. The van der Waals surface area contributed by atoms with Crippen molar-refractivity contribution in [1.29, 1.82) is 0 Å². The number of nitrogens with zero attached hydrogens (tertiary/aromatic N) is 3. The zero-order chi connectivity index (χ0) is 14.5. The van der Waals surface area contributed by atoms with Gasteiger partial charge in [0.05, 0.1) is 12.1 Å². The van der Waals surface area contributed by atoms with Gasteiger partial charge in [0.1, 0.15) is 12.2 Å². The molecule has 1 fully saturated rings. The average molecular weight is 284 g/mol. The largest absolute Gasteiger partial charge is 0.380 e. The van der Waals surface area contributed by atoms with Gasteiger partial charge in [-0.25, -0.2) is 4.98 Å². The number of hydrogen-bond acceptors (Lipinski definition) is 4. The lowest BCUT2D eigenvalue weighted by Gasteiger charge is -2.20. The Balaban J connectivity index is 1.66. The van der Waals surface area contributed by atoms with Gasteiger partial charge in [0.15, 0.2) is 0 Å². The van der Waals surface area contributed by atoms with E-state index in [2.05, 4.69) is 44.4 Å². The summed E-state index contributed by atoms with van der Waals surface area (Å²) in [5.41, 5.74) is 1.22. The summed E-state index contributed by atoms with van der Waals surface area (Å²) < 4.78 is 5.51. The van der Waals surface area contributed by atoms with E-state index >= 15 is 0 Å². The Kier molecular flexibility index (Phi) is 4.43. The number of aromatic nitrogens is 3. The van der Waals surface area contributed by atoms with Crippen molar-refractivity contribution in [2.45, 2.75) is 18.6 Å². The number of methoxy groups -OCH3 is 1. The van der Waals surface area contributed by atoms with Crippen LogP contribution in [0, 0.1) is 0 Å². The van der Waals surface area contributed by atoms with E-state index in [9.17, 15) is 0 Å². The summed E-state index contributed by atoms with van der Waals surface area (Å²) in [6.45, 7) is 1.79. The van der Waals surface area contributed by atoms with Crippen LogP contribution in [0.2, 0.25) is 0 Å². The summed E-state index contributed by atoms with van der Waals surface area (Å²) in [4.78, 5) is 6.66. The van der Waals surface area contributed by atoms with Crippen LogP contribution in [0.5, 0.6) is 0 Å². The minimum Gasteiger partial charge on any atom is -0.380 e. The fraction of sp³-hybridized carbons (Fsp3) is 0.375. The maximum absolute atomic E-state index is 5.51. The molecule has 0 bridgehead atoms. The Bertz CT molecular complexity index is 567. The normalized spacial score (nSPS) is 23.1. The van der Waals surface area contributed by atoms with Crippen molar-refractivity contribution in [3.63, 3.8) is 0 Å². The summed E-state index contributed by atoms with van der Waals surface area (Å²) in [7, 11) is 1.77. The van der Waals surface area contributed by atoms with Gasteiger partial charge in [-0.05, 0) is 12.0 Å². The highest BCUT2D eigenvalue weighted by molar-refractivity contribution is 5.48. The van der Waals surface area contributed by atoms with Crippen LogP contribution in [0.25, 0.3) is 6.08 Å². The topological polar surface area (TPSA) is 54.0 Å². The molecule has 1 aliphatic heterocycles. The monoisotopic (exact) mass is 284 g/mol. The molecule has 0 aliphatic carbocycles. The molecule has 5 nitrogen and oxygen atoms in total. The predicted molar refractivity (Wildman–Crippen MR) is 81.6 cm³/mol. The average Bonchev–Trinajstić information content (AvgIpc) is 3.17. The summed E-state index contributed by atoms with van der Waals surface area (Å²) >= 11 is 0. The molecule has 110 valence electrons.